The molecule has 0 spiro atoms. The molecular formula is C13H15BrN2O5. The van der Waals surface area contributed by atoms with Gasteiger partial charge in [0, 0.05) is 23.3 Å². The van der Waals surface area contributed by atoms with E-state index in [1.54, 1.807) is 6.07 Å². The number of amides is 1. The zero-order valence-electron chi connectivity index (χ0n) is 11.5. The summed E-state index contributed by atoms with van der Waals surface area (Å²) in [7, 11) is 1.26. The molecule has 1 aromatic heterocycles. The van der Waals surface area contributed by atoms with Crippen LogP contribution in [-0.4, -0.2) is 54.3 Å². The largest absolute Gasteiger partial charge is 0.467 e. The van der Waals surface area contributed by atoms with Gasteiger partial charge >= 0.3 is 5.97 Å². The lowest BCUT2D eigenvalue weighted by Gasteiger charge is -2.33. The van der Waals surface area contributed by atoms with Crippen molar-refractivity contribution in [2.45, 2.75) is 12.6 Å². The molecule has 21 heavy (non-hydrogen) atoms. The second-order valence-corrected chi connectivity index (χ2v) is 5.43. The molecule has 0 aliphatic carbocycles. The minimum Gasteiger partial charge on any atom is -0.467 e. The molecule has 1 saturated heterocycles. The number of hydrogen-bond acceptors (Lipinski definition) is 5. The predicted octanol–water partition coefficient (Wildman–Crippen LogP) is 0.0112. The quantitative estimate of drug-likeness (QED) is 0.711. The van der Waals surface area contributed by atoms with Gasteiger partial charge in [0.1, 0.15) is 6.54 Å². The normalized spacial score (nSPS) is 18.4. The summed E-state index contributed by atoms with van der Waals surface area (Å²) in [6.45, 7) is 0.617. The van der Waals surface area contributed by atoms with Crippen LogP contribution in [0.15, 0.2) is 27.6 Å². The van der Waals surface area contributed by atoms with Gasteiger partial charge in [-0.15, -0.1) is 0 Å². The molecule has 0 N–H and O–H groups in total. The molecule has 2 heterocycles. The zero-order valence-corrected chi connectivity index (χ0v) is 13.0. The van der Waals surface area contributed by atoms with Gasteiger partial charge in [0.2, 0.25) is 5.91 Å². The summed E-state index contributed by atoms with van der Waals surface area (Å²) >= 11 is 3.25. The Labute approximate surface area is 129 Å². The number of carbonyl (C=O) groups is 2. The molecule has 2 rings (SSSR count). The van der Waals surface area contributed by atoms with E-state index in [1.165, 1.54) is 28.8 Å². The molecule has 1 unspecified atom stereocenters. The van der Waals surface area contributed by atoms with Crippen molar-refractivity contribution in [3.8, 4) is 0 Å². The van der Waals surface area contributed by atoms with Crippen LogP contribution in [0.1, 0.15) is 0 Å². The van der Waals surface area contributed by atoms with Crippen molar-refractivity contribution in [1.82, 2.24) is 9.47 Å². The Morgan fingerprint density at radius 2 is 2.24 bits per heavy atom. The van der Waals surface area contributed by atoms with Gasteiger partial charge in [-0.05, 0) is 22.0 Å². The van der Waals surface area contributed by atoms with Gasteiger partial charge in [0.15, 0.2) is 6.04 Å². The Hall–Kier alpha value is -1.67. The predicted molar refractivity (Wildman–Crippen MR) is 76.7 cm³/mol. The van der Waals surface area contributed by atoms with E-state index >= 15 is 0 Å². The second-order valence-electron chi connectivity index (χ2n) is 4.51. The van der Waals surface area contributed by atoms with E-state index in [2.05, 4.69) is 20.7 Å². The lowest BCUT2D eigenvalue weighted by molar-refractivity contribution is -0.161. The molecule has 0 aromatic carbocycles. The van der Waals surface area contributed by atoms with E-state index in [0.29, 0.717) is 17.6 Å². The number of morpholine rings is 1. The summed E-state index contributed by atoms with van der Waals surface area (Å²) in [5.41, 5.74) is -0.283. The van der Waals surface area contributed by atoms with Crippen molar-refractivity contribution in [3.63, 3.8) is 0 Å². The van der Waals surface area contributed by atoms with E-state index in [4.69, 9.17) is 4.74 Å². The number of nitrogens with zero attached hydrogens (tertiary/aromatic N) is 2. The highest BCUT2D eigenvalue weighted by atomic mass is 79.9. The van der Waals surface area contributed by atoms with Crippen molar-refractivity contribution in [3.05, 3.63) is 33.2 Å². The van der Waals surface area contributed by atoms with Gasteiger partial charge in [-0.25, -0.2) is 4.79 Å². The van der Waals surface area contributed by atoms with E-state index in [1.807, 2.05) is 0 Å². The van der Waals surface area contributed by atoms with Crippen molar-refractivity contribution < 1.29 is 19.1 Å². The van der Waals surface area contributed by atoms with E-state index in [0.717, 1.165) is 0 Å². The van der Waals surface area contributed by atoms with Gasteiger partial charge in [0.05, 0.1) is 20.3 Å². The van der Waals surface area contributed by atoms with Gasteiger partial charge in [0.25, 0.3) is 5.56 Å². The van der Waals surface area contributed by atoms with Crippen LogP contribution in [0.4, 0.5) is 0 Å². The van der Waals surface area contributed by atoms with Gasteiger partial charge in [-0.1, -0.05) is 0 Å². The van der Waals surface area contributed by atoms with Crippen molar-refractivity contribution in [1.29, 1.82) is 0 Å². The fraction of sp³-hybridized carbons (Fsp3) is 0.462. The monoisotopic (exact) mass is 358 g/mol. The van der Waals surface area contributed by atoms with Crippen LogP contribution in [0.25, 0.3) is 0 Å². The number of methoxy groups -OCH3 is 1. The number of carbonyl (C=O) groups excluding carboxylic acids is 2. The van der Waals surface area contributed by atoms with Crippen LogP contribution in [0, 0.1) is 0 Å². The molecule has 0 saturated carbocycles. The van der Waals surface area contributed by atoms with Gasteiger partial charge < -0.3 is 18.9 Å². The number of hydrogen-bond donors (Lipinski definition) is 0. The first-order valence-electron chi connectivity index (χ1n) is 6.34. The minimum absolute atomic E-state index is 0.103. The number of halogens is 1. The number of esters is 1. The van der Waals surface area contributed by atoms with Crippen LogP contribution >= 0.6 is 15.9 Å². The smallest absolute Gasteiger partial charge is 0.331 e. The molecule has 0 bridgehead atoms. The van der Waals surface area contributed by atoms with Gasteiger partial charge in [-0.3, -0.25) is 9.59 Å². The molecule has 114 valence electrons. The highest BCUT2D eigenvalue weighted by Crippen LogP contribution is 2.10. The third-order valence-corrected chi connectivity index (χ3v) is 3.64. The fourth-order valence-corrected chi connectivity index (χ4v) is 2.48. The molecule has 0 radical (unpaired) electrons. The molecule has 1 amide bonds. The number of aromatic nitrogens is 1. The maximum atomic E-state index is 12.3. The van der Waals surface area contributed by atoms with Crippen LogP contribution < -0.4 is 5.56 Å². The maximum Gasteiger partial charge on any atom is 0.331 e. The van der Waals surface area contributed by atoms with Crippen molar-refractivity contribution >= 4 is 27.8 Å². The number of rotatable bonds is 3. The first kappa shape index (κ1) is 15.7. The molecule has 8 heteroatoms. The first-order valence-corrected chi connectivity index (χ1v) is 7.13. The van der Waals surface area contributed by atoms with E-state index < -0.39 is 12.0 Å². The number of ether oxygens (including phenoxy) is 2. The summed E-state index contributed by atoms with van der Waals surface area (Å²) in [6.07, 6.45) is 1.54. The lowest BCUT2D eigenvalue weighted by atomic mass is 10.2. The molecule has 1 fully saturated rings. The molecular weight excluding hydrogens is 344 g/mol. The fourth-order valence-electron chi connectivity index (χ4n) is 2.10. The Morgan fingerprint density at radius 3 is 2.95 bits per heavy atom. The highest BCUT2D eigenvalue weighted by Gasteiger charge is 2.33. The summed E-state index contributed by atoms with van der Waals surface area (Å²) in [5.74, 6) is -0.849. The Bertz CT molecular complexity index is 600. The van der Waals surface area contributed by atoms with Crippen LogP contribution in [0.3, 0.4) is 0 Å². The zero-order chi connectivity index (χ0) is 15.4. The van der Waals surface area contributed by atoms with Gasteiger partial charge in [-0.2, -0.15) is 0 Å². The SMILES string of the molecule is COC(=O)C1COCCN1C(=O)Cn1cc(Br)ccc1=O. The Kier molecular flexibility index (Phi) is 5.13. The van der Waals surface area contributed by atoms with Crippen molar-refractivity contribution in [2.24, 2.45) is 0 Å². The molecule has 7 nitrogen and oxygen atoms in total. The first-order chi connectivity index (χ1) is 10.0. The van der Waals surface area contributed by atoms with E-state index in [9.17, 15) is 14.4 Å². The summed E-state index contributed by atoms with van der Waals surface area (Å²) in [4.78, 5) is 37.1. The van der Waals surface area contributed by atoms with Crippen LogP contribution in [0.5, 0.6) is 0 Å². The maximum absolute atomic E-state index is 12.3. The molecule has 1 aliphatic heterocycles. The average molecular weight is 359 g/mol. The van der Waals surface area contributed by atoms with Crippen molar-refractivity contribution in [2.75, 3.05) is 26.9 Å². The standard InChI is InChI=1S/C13H15BrN2O5/c1-20-13(19)10-8-21-5-4-16(10)12(18)7-15-6-9(14)2-3-11(15)17/h2-3,6,10H,4-5,7-8H2,1H3. The molecule has 1 aliphatic rings. The minimum atomic E-state index is -0.765. The third-order valence-electron chi connectivity index (χ3n) is 3.18. The number of pyridine rings is 1. The van der Waals surface area contributed by atoms with Crippen LogP contribution in [0.2, 0.25) is 0 Å². The lowest BCUT2D eigenvalue weighted by Crippen LogP contribution is -2.54. The second kappa shape index (κ2) is 6.86. The van der Waals surface area contributed by atoms with E-state index in [-0.39, 0.29) is 24.6 Å². The molecule has 1 aromatic rings. The van der Waals surface area contributed by atoms with Crippen LogP contribution in [-0.2, 0) is 25.6 Å². The summed E-state index contributed by atoms with van der Waals surface area (Å²) < 4.78 is 11.9. The Morgan fingerprint density at radius 1 is 1.48 bits per heavy atom. The highest BCUT2D eigenvalue weighted by molar-refractivity contribution is 9.10. The summed E-state index contributed by atoms with van der Waals surface area (Å²) in [6, 6.07) is 2.21. The topological polar surface area (TPSA) is 77.8 Å². The Balaban J connectivity index is 2.16. The summed E-state index contributed by atoms with van der Waals surface area (Å²) in [5, 5.41) is 0. The third kappa shape index (κ3) is 3.70. The average Bonchev–Trinajstić information content (AvgIpc) is 2.50. The molecule has 1 atom stereocenters.